The lowest BCUT2D eigenvalue weighted by Crippen LogP contribution is -2.73. The van der Waals surface area contributed by atoms with Crippen molar-refractivity contribution in [2.45, 2.75) is 79.3 Å². The summed E-state index contributed by atoms with van der Waals surface area (Å²) >= 11 is -2.17. The number of ether oxygens (including phenoxy) is 2. The number of halogens is 14. The summed E-state index contributed by atoms with van der Waals surface area (Å²) in [5.41, 5.74) is -0.495. The van der Waals surface area contributed by atoms with Crippen molar-refractivity contribution in [2.75, 3.05) is 13.2 Å². The molecule has 0 heterocycles. The van der Waals surface area contributed by atoms with Crippen molar-refractivity contribution < 1.29 is 95.2 Å². The van der Waals surface area contributed by atoms with Gasteiger partial charge in [0.15, 0.2) is 6.61 Å². The fraction of sp³-hybridized carbons (Fsp3) is 0.905. The van der Waals surface area contributed by atoms with Gasteiger partial charge >= 0.3 is 52.7 Å². The van der Waals surface area contributed by atoms with E-state index in [9.17, 15) is 66.7 Å². The second-order valence-corrected chi connectivity index (χ2v) is 11.7. The molecular weight excluding hydrogens is 662 g/mol. The van der Waals surface area contributed by atoms with E-state index in [-0.39, 0.29) is 6.61 Å². The number of hydrogen-bond donors (Lipinski definition) is 1. The number of carbonyl (C=O) groups is 2. The second-order valence-electron chi connectivity index (χ2n) is 10.8. The van der Waals surface area contributed by atoms with Gasteiger partial charge in [-0.3, -0.25) is 0 Å². The molecule has 4 bridgehead atoms. The van der Waals surface area contributed by atoms with Crippen LogP contribution < -0.4 is 0 Å². The molecule has 4 rings (SSSR count). The van der Waals surface area contributed by atoms with E-state index < -0.39 is 76.8 Å². The third-order valence-corrected chi connectivity index (χ3v) is 8.59. The van der Waals surface area contributed by atoms with Gasteiger partial charge in [-0.1, -0.05) is 5.04 Å². The molecule has 22 heteroatoms. The molecule has 1 N–H and O–H groups in total. The highest BCUT2D eigenvalue weighted by Gasteiger charge is 2.94. The summed E-state index contributed by atoms with van der Waals surface area (Å²) in [7, 11) is 0. The van der Waals surface area contributed by atoms with Crippen molar-refractivity contribution in [3.63, 3.8) is 0 Å². The molecule has 0 radical (unpaired) electrons. The summed E-state index contributed by atoms with van der Waals surface area (Å²) in [5.74, 6) is -45.1. The smallest absolute Gasteiger partial charge is 0.460 e. The minimum atomic E-state index is -8.46. The van der Waals surface area contributed by atoms with Crippen LogP contribution in [0.1, 0.15) is 38.5 Å². The van der Waals surface area contributed by atoms with E-state index in [4.69, 9.17) is 9.99 Å². The molecule has 4 aliphatic carbocycles. The number of hydrogen-bond acceptors (Lipinski definition) is 8. The minimum Gasteiger partial charge on any atom is -0.463 e. The van der Waals surface area contributed by atoms with Gasteiger partial charge < -0.3 is 9.47 Å². The summed E-state index contributed by atoms with van der Waals surface area (Å²) in [6.45, 7) is -2.19. The first-order chi connectivity index (χ1) is 19.3. The lowest BCUT2D eigenvalue weighted by molar-refractivity contribution is -0.445. The van der Waals surface area contributed by atoms with Crippen LogP contribution in [-0.4, -0.2) is 71.2 Å². The Balaban J connectivity index is 1.78. The predicted octanol–water partition coefficient (Wildman–Crippen LogP) is 6.76. The Labute approximate surface area is 235 Å². The van der Waals surface area contributed by atoms with Crippen LogP contribution in [0.3, 0.4) is 0 Å². The van der Waals surface area contributed by atoms with Crippen LogP contribution in [0.15, 0.2) is 0 Å². The highest BCUT2D eigenvalue weighted by Crippen LogP contribution is 2.64. The first-order valence-corrected chi connectivity index (χ1v) is 12.7. The van der Waals surface area contributed by atoms with Gasteiger partial charge in [0.1, 0.15) is 0 Å². The zero-order valence-corrected chi connectivity index (χ0v) is 21.8. The van der Waals surface area contributed by atoms with Crippen LogP contribution in [0.4, 0.5) is 61.5 Å². The molecule has 43 heavy (non-hydrogen) atoms. The van der Waals surface area contributed by atoms with Crippen LogP contribution in [-0.2, 0) is 28.4 Å². The highest BCUT2D eigenvalue weighted by atomic mass is 32.2. The summed E-state index contributed by atoms with van der Waals surface area (Å²) in [6, 6.07) is 0. The maximum Gasteiger partial charge on any atom is 0.460 e. The van der Waals surface area contributed by atoms with Crippen LogP contribution in [0, 0.1) is 23.2 Å². The third kappa shape index (κ3) is 5.72. The first kappa shape index (κ1) is 35.7. The Morgan fingerprint density at radius 3 is 1.51 bits per heavy atom. The Morgan fingerprint density at radius 2 is 1.09 bits per heavy atom. The number of alkyl halides is 14. The lowest BCUT2D eigenvalue weighted by atomic mass is 9.50. The molecule has 0 saturated heterocycles. The van der Waals surface area contributed by atoms with Crippen molar-refractivity contribution in [3.05, 3.63) is 0 Å². The molecule has 4 fully saturated rings. The summed E-state index contributed by atoms with van der Waals surface area (Å²) in [6.07, 6.45) is -2.93. The van der Waals surface area contributed by atoms with Crippen molar-refractivity contribution in [1.29, 1.82) is 0 Å². The zero-order valence-electron chi connectivity index (χ0n) is 21.0. The van der Waals surface area contributed by atoms with Crippen molar-refractivity contribution in [3.8, 4) is 0 Å². The number of rotatable bonds is 13. The van der Waals surface area contributed by atoms with Gasteiger partial charge in [-0.05, 0) is 56.3 Å². The molecular formula is C21H20F14O7S. The van der Waals surface area contributed by atoms with Gasteiger partial charge in [0.25, 0.3) is 0 Å². The van der Waals surface area contributed by atoms with E-state index in [1.165, 1.54) is 0 Å². The molecule has 4 saturated carbocycles. The Kier molecular flexibility index (Phi) is 9.30. The van der Waals surface area contributed by atoms with Gasteiger partial charge in [-0.2, -0.15) is 57.1 Å². The third-order valence-electron chi connectivity index (χ3n) is 7.80. The summed E-state index contributed by atoms with van der Waals surface area (Å²) < 4.78 is 202. The molecule has 250 valence electrons. The molecule has 0 aromatic heterocycles. The molecule has 0 amide bonds. The van der Waals surface area contributed by atoms with Crippen LogP contribution >= 0.6 is 12.0 Å². The normalized spacial score (nSPS) is 28.0. The standard InChI is InChI=1S/C21H20F14O7S/c22-15(43-42-41-38,16(23,24)17(25,26)18(27,28)19(29,30)20(31,32)21(33,34)35)13(37)39-7-12(36)40-8-14-4-9-1-10(5-14)3-11(2-9)6-14/h9-11,38H,1-8H2. The maximum absolute atomic E-state index is 15.0. The maximum atomic E-state index is 15.0. The van der Waals surface area contributed by atoms with Gasteiger partial charge in [0.05, 0.1) is 18.6 Å². The number of esters is 2. The average Bonchev–Trinajstić information content (AvgIpc) is 2.87. The first-order valence-electron chi connectivity index (χ1n) is 12.0. The van der Waals surface area contributed by atoms with Crippen molar-refractivity contribution >= 4 is 24.0 Å². The largest absolute Gasteiger partial charge is 0.463 e. The van der Waals surface area contributed by atoms with Gasteiger partial charge in [0, 0.05) is 5.41 Å². The monoisotopic (exact) mass is 682 g/mol. The van der Waals surface area contributed by atoms with E-state index >= 15 is 4.39 Å². The van der Waals surface area contributed by atoms with E-state index in [1.807, 2.05) is 0 Å². The van der Waals surface area contributed by atoms with E-state index in [0.717, 1.165) is 19.3 Å². The Hall–Kier alpha value is -1.81. The van der Waals surface area contributed by atoms with Crippen molar-refractivity contribution in [1.82, 2.24) is 0 Å². The van der Waals surface area contributed by atoms with Crippen LogP contribution in [0.2, 0.25) is 0 Å². The predicted molar refractivity (Wildman–Crippen MR) is 110 cm³/mol. The SMILES string of the molecule is O=C(COC(=O)C(F)(SOOO)C(F)(F)C(F)(F)C(F)(F)C(F)(F)C(F)(F)C(F)(F)F)OCC12CC3CC(CC(C3)C1)C2. The highest BCUT2D eigenvalue weighted by molar-refractivity contribution is 7.96. The quantitative estimate of drug-likeness (QED) is 0.0750. The van der Waals surface area contributed by atoms with E-state index in [0.29, 0.717) is 37.0 Å². The van der Waals surface area contributed by atoms with E-state index in [2.05, 4.69) is 14.1 Å². The lowest BCUT2D eigenvalue weighted by Gasteiger charge is -2.56. The topological polar surface area (TPSA) is 91.3 Å². The molecule has 0 spiro atoms. The molecule has 0 aliphatic heterocycles. The van der Waals surface area contributed by atoms with Crippen LogP contribution in [0.5, 0.6) is 0 Å². The Bertz CT molecular complexity index is 1030. The summed E-state index contributed by atoms with van der Waals surface area (Å²) in [4.78, 5) is 24.1. The zero-order chi connectivity index (χ0) is 33.1. The molecule has 1 atom stereocenters. The van der Waals surface area contributed by atoms with E-state index in [1.54, 1.807) is 0 Å². The molecule has 0 aromatic carbocycles. The Morgan fingerprint density at radius 1 is 0.674 bits per heavy atom. The number of carbonyl (C=O) groups excluding carboxylic acids is 2. The summed E-state index contributed by atoms with van der Waals surface area (Å²) in [5, 5.41) is 4.29. The molecule has 1 unspecified atom stereocenters. The second kappa shape index (κ2) is 11.2. The van der Waals surface area contributed by atoms with Gasteiger partial charge in [0.2, 0.25) is 0 Å². The minimum absolute atomic E-state index is 0.299. The van der Waals surface area contributed by atoms with Crippen molar-refractivity contribution in [2.24, 2.45) is 23.2 Å². The fourth-order valence-corrected chi connectivity index (χ4v) is 6.69. The molecule has 0 aromatic rings. The van der Waals surface area contributed by atoms with Crippen LogP contribution in [0.25, 0.3) is 0 Å². The van der Waals surface area contributed by atoms with Gasteiger partial charge in [-0.15, -0.1) is 4.33 Å². The average molecular weight is 682 g/mol. The van der Waals surface area contributed by atoms with Gasteiger partial charge in [-0.25, -0.2) is 19.2 Å². The molecule has 7 nitrogen and oxygen atoms in total. The fourth-order valence-electron chi connectivity index (χ4n) is 6.21. The molecule has 4 aliphatic rings.